The van der Waals surface area contributed by atoms with Crippen molar-refractivity contribution >= 4 is 5.91 Å². The van der Waals surface area contributed by atoms with E-state index in [0.29, 0.717) is 16.5 Å². The van der Waals surface area contributed by atoms with Gasteiger partial charge >= 0.3 is 0 Å². The topological polar surface area (TPSA) is 29.1 Å². The lowest BCUT2D eigenvalue weighted by molar-refractivity contribution is 0.0936. The van der Waals surface area contributed by atoms with Gasteiger partial charge in [-0.25, -0.2) is 4.39 Å². The van der Waals surface area contributed by atoms with E-state index in [4.69, 9.17) is 0 Å². The van der Waals surface area contributed by atoms with Crippen LogP contribution in [0.15, 0.2) is 18.2 Å². The summed E-state index contributed by atoms with van der Waals surface area (Å²) in [4.78, 5) is 12.0. The lowest BCUT2D eigenvalue weighted by Gasteiger charge is -2.18. The molecule has 1 fully saturated rings. The Hall–Kier alpha value is -1.38. The number of rotatable bonds is 2. The van der Waals surface area contributed by atoms with Crippen molar-refractivity contribution in [1.29, 1.82) is 0 Å². The first-order chi connectivity index (χ1) is 8.37. The molecule has 1 aromatic carbocycles. The van der Waals surface area contributed by atoms with Crippen LogP contribution in [0.4, 0.5) is 4.39 Å². The first kappa shape index (κ1) is 13.1. The van der Waals surface area contributed by atoms with Crippen LogP contribution in [0.1, 0.15) is 49.0 Å². The highest BCUT2D eigenvalue weighted by Gasteiger charge is 2.31. The third-order valence-electron chi connectivity index (χ3n) is 3.72. The van der Waals surface area contributed by atoms with E-state index in [9.17, 15) is 9.18 Å². The third-order valence-corrected chi connectivity index (χ3v) is 3.72. The fraction of sp³-hybridized carbons (Fsp3) is 0.533. The van der Waals surface area contributed by atoms with E-state index in [1.54, 1.807) is 13.0 Å². The molecule has 0 spiro atoms. The number of amides is 1. The summed E-state index contributed by atoms with van der Waals surface area (Å²) in [5, 5.41) is 3.04. The maximum atomic E-state index is 13.1. The highest BCUT2D eigenvalue weighted by atomic mass is 19.1. The number of carbonyl (C=O) groups is 1. The average Bonchev–Trinajstić information content (AvgIpc) is 2.62. The van der Waals surface area contributed by atoms with Gasteiger partial charge in [-0.05, 0) is 55.4 Å². The Morgan fingerprint density at radius 2 is 2.17 bits per heavy atom. The predicted molar refractivity (Wildman–Crippen MR) is 70.0 cm³/mol. The zero-order chi connectivity index (χ0) is 13.3. The summed E-state index contributed by atoms with van der Waals surface area (Å²) in [7, 11) is 0. The zero-order valence-corrected chi connectivity index (χ0v) is 11.2. The molecule has 1 atom stereocenters. The van der Waals surface area contributed by atoms with Crippen molar-refractivity contribution in [2.45, 2.75) is 46.1 Å². The minimum atomic E-state index is -0.270. The van der Waals surface area contributed by atoms with Gasteiger partial charge in [-0.15, -0.1) is 0 Å². The van der Waals surface area contributed by atoms with Crippen LogP contribution in [-0.4, -0.2) is 11.9 Å². The molecule has 3 heteroatoms. The summed E-state index contributed by atoms with van der Waals surface area (Å²) in [5.41, 5.74) is 1.37. The molecule has 0 radical (unpaired) electrons. The maximum Gasteiger partial charge on any atom is 0.251 e. The highest BCUT2D eigenvalue weighted by molar-refractivity contribution is 5.94. The van der Waals surface area contributed by atoms with Crippen molar-refractivity contribution in [3.8, 4) is 0 Å². The lowest BCUT2D eigenvalue weighted by atomic mass is 9.92. The van der Waals surface area contributed by atoms with E-state index in [1.165, 1.54) is 12.1 Å². The molecule has 2 rings (SSSR count). The standard InChI is InChI=1S/C15H20FNO/c1-10-8-11(4-5-13(10)16)14(18)17-12-6-7-15(2,3)9-12/h4-5,8,12H,6-7,9H2,1-3H3,(H,17,18). The maximum absolute atomic E-state index is 13.1. The second-order valence-electron chi connectivity index (χ2n) is 6.04. The van der Waals surface area contributed by atoms with Crippen molar-refractivity contribution in [2.24, 2.45) is 5.41 Å². The van der Waals surface area contributed by atoms with Crippen LogP contribution < -0.4 is 5.32 Å². The molecule has 1 N–H and O–H groups in total. The van der Waals surface area contributed by atoms with Crippen LogP contribution in [-0.2, 0) is 0 Å². The second-order valence-corrected chi connectivity index (χ2v) is 6.04. The molecule has 1 unspecified atom stereocenters. The van der Waals surface area contributed by atoms with Gasteiger partial charge in [0.25, 0.3) is 5.91 Å². The SMILES string of the molecule is Cc1cc(C(=O)NC2CCC(C)(C)C2)ccc1F. The quantitative estimate of drug-likeness (QED) is 0.854. The summed E-state index contributed by atoms with van der Waals surface area (Å²) in [6.07, 6.45) is 3.18. The molecule has 0 saturated heterocycles. The van der Waals surface area contributed by atoms with Crippen LogP contribution >= 0.6 is 0 Å². The summed E-state index contributed by atoms with van der Waals surface area (Å²) >= 11 is 0. The number of carbonyl (C=O) groups excluding carboxylic acids is 1. The minimum absolute atomic E-state index is 0.0965. The Morgan fingerprint density at radius 3 is 2.72 bits per heavy atom. The monoisotopic (exact) mass is 249 g/mol. The summed E-state index contributed by atoms with van der Waals surface area (Å²) in [5.74, 6) is -0.366. The molecule has 0 bridgehead atoms. The molecule has 0 heterocycles. The molecule has 18 heavy (non-hydrogen) atoms. The minimum Gasteiger partial charge on any atom is -0.349 e. The van der Waals surface area contributed by atoms with Crippen molar-refractivity contribution in [2.75, 3.05) is 0 Å². The highest BCUT2D eigenvalue weighted by Crippen LogP contribution is 2.36. The van der Waals surface area contributed by atoms with Gasteiger partial charge < -0.3 is 5.32 Å². The first-order valence-electron chi connectivity index (χ1n) is 6.44. The van der Waals surface area contributed by atoms with Crippen LogP contribution in [0.3, 0.4) is 0 Å². The molecular weight excluding hydrogens is 229 g/mol. The number of hydrogen-bond acceptors (Lipinski definition) is 1. The predicted octanol–water partition coefficient (Wildman–Crippen LogP) is 3.44. The number of hydrogen-bond donors (Lipinski definition) is 1. The Kier molecular flexibility index (Phi) is 3.42. The average molecular weight is 249 g/mol. The lowest BCUT2D eigenvalue weighted by Crippen LogP contribution is -2.33. The number of halogens is 1. The molecular formula is C15H20FNO. The van der Waals surface area contributed by atoms with Crippen LogP contribution in [0.2, 0.25) is 0 Å². The van der Waals surface area contributed by atoms with E-state index in [-0.39, 0.29) is 17.8 Å². The largest absolute Gasteiger partial charge is 0.349 e. The smallest absolute Gasteiger partial charge is 0.251 e. The van der Waals surface area contributed by atoms with Crippen molar-refractivity contribution < 1.29 is 9.18 Å². The van der Waals surface area contributed by atoms with E-state index in [0.717, 1.165) is 19.3 Å². The van der Waals surface area contributed by atoms with Crippen molar-refractivity contribution in [3.05, 3.63) is 35.1 Å². The molecule has 1 aliphatic carbocycles. The second kappa shape index (κ2) is 4.71. The van der Waals surface area contributed by atoms with Gasteiger partial charge in [-0.3, -0.25) is 4.79 Å². The molecule has 2 nitrogen and oxygen atoms in total. The van der Waals surface area contributed by atoms with Crippen LogP contribution in [0, 0.1) is 18.2 Å². The Bertz CT molecular complexity index is 468. The third kappa shape index (κ3) is 2.89. The zero-order valence-electron chi connectivity index (χ0n) is 11.2. The number of benzene rings is 1. The Morgan fingerprint density at radius 1 is 1.44 bits per heavy atom. The number of aryl methyl sites for hydroxylation is 1. The number of nitrogens with one attached hydrogen (secondary N) is 1. The van der Waals surface area contributed by atoms with Gasteiger partial charge in [-0.1, -0.05) is 13.8 Å². The molecule has 0 aliphatic heterocycles. The summed E-state index contributed by atoms with van der Waals surface area (Å²) in [6.45, 7) is 6.12. The van der Waals surface area contributed by atoms with Crippen LogP contribution in [0.25, 0.3) is 0 Å². The van der Waals surface area contributed by atoms with E-state index >= 15 is 0 Å². The first-order valence-corrected chi connectivity index (χ1v) is 6.44. The summed E-state index contributed by atoms with van der Waals surface area (Å²) < 4.78 is 13.1. The molecule has 1 amide bonds. The van der Waals surface area contributed by atoms with Crippen LogP contribution in [0.5, 0.6) is 0 Å². The molecule has 98 valence electrons. The van der Waals surface area contributed by atoms with Gasteiger partial charge in [0.2, 0.25) is 0 Å². The fourth-order valence-electron chi connectivity index (χ4n) is 2.61. The molecule has 1 aromatic rings. The molecule has 0 aromatic heterocycles. The van der Waals surface area contributed by atoms with Gasteiger partial charge in [0, 0.05) is 11.6 Å². The van der Waals surface area contributed by atoms with Gasteiger partial charge in [0.15, 0.2) is 0 Å². The molecule has 1 saturated carbocycles. The fourth-order valence-corrected chi connectivity index (χ4v) is 2.61. The van der Waals surface area contributed by atoms with Crippen molar-refractivity contribution in [3.63, 3.8) is 0 Å². The van der Waals surface area contributed by atoms with E-state index in [1.807, 2.05) is 0 Å². The normalized spacial score (nSPS) is 21.9. The Labute approximate surface area is 108 Å². The Balaban J connectivity index is 2.02. The van der Waals surface area contributed by atoms with E-state index < -0.39 is 0 Å². The van der Waals surface area contributed by atoms with Gasteiger partial charge in [0.1, 0.15) is 5.82 Å². The summed E-state index contributed by atoms with van der Waals surface area (Å²) in [6, 6.07) is 4.74. The van der Waals surface area contributed by atoms with Gasteiger partial charge in [-0.2, -0.15) is 0 Å². The molecule has 1 aliphatic rings. The van der Waals surface area contributed by atoms with Crippen molar-refractivity contribution in [1.82, 2.24) is 5.32 Å². The van der Waals surface area contributed by atoms with E-state index in [2.05, 4.69) is 19.2 Å². The van der Waals surface area contributed by atoms with Gasteiger partial charge in [0.05, 0.1) is 0 Å².